The second-order valence-corrected chi connectivity index (χ2v) is 4.80. The average molecular weight is 388 g/mol. The molecule has 1 aliphatic rings. The Morgan fingerprint density at radius 2 is 2.20 bits per heavy atom. The van der Waals surface area contributed by atoms with E-state index in [1.54, 1.807) is 13.1 Å². The second-order valence-electron chi connectivity index (χ2n) is 4.80. The normalized spacial score (nSPS) is 14.4. The Morgan fingerprint density at radius 3 is 2.80 bits per heavy atom. The first kappa shape index (κ1) is 16.7. The lowest BCUT2D eigenvalue weighted by Crippen LogP contribution is -2.35. The maximum absolute atomic E-state index is 11.5. The number of carbonyl (C=O) groups is 1. The third-order valence-corrected chi connectivity index (χ3v) is 3.30. The minimum absolute atomic E-state index is 0. The molecule has 110 valence electrons. The molecule has 0 unspecified atom stereocenters. The lowest BCUT2D eigenvalue weighted by Gasteiger charge is -2.16. The van der Waals surface area contributed by atoms with E-state index < -0.39 is 0 Å². The molecule has 1 aromatic rings. The molecule has 0 bridgehead atoms. The fourth-order valence-corrected chi connectivity index (χ4v) is 1.89. The Labute approximate surface area is 136 Å². The third kappa shape index (κ3) is 4.36. The standard InChI is InChI=1S/C14H20N4O.HI/c1-16-13(19)11-5-3-4-10(8-11)9-17-14(15)18(2)12-6-7-12;/h3-5,8,12H,6-7,9H2,1-2H3,(H2,15,17)(H,16,19);1H. The molecule has 1 amide bonds. The number of halogens is 1. The van der Waals surface area contributed by atoms with Crippen LogP contribution in [0.4, 0.5) is 0 Å². The molecule has 0 aromatic heterocycles. The number of hydrogen-bond donors (Lipinski definition) is 2. The minimum atomic E-state index is -0.0890. The van der Waals surface area contributed by atoms with Crippen molar-refractivity contribution in [1.82, 2.24) is 10.2 Å². The molecule has 2 rings (SSSR count). The summed E-state index contributed by atoms with van der Waals surface area (Å²) >= 11 is 0. The van der Waals surface area contributed by atoms with Crippen LogP contribution in [0, 0.1) is 0 Å². The van der Waals surface area contributed by atoms with Crippen molar-refractivity contribution in [3.63, 3.8) is 0 Å². The van der Waals surface area contributed by atoms with Crippen LogP contribution in [0.5, 0.6) is 0 Å². The molecule has 0 saturated heterocycles. The maximum Gasteiger partial charge on any atom is 0.251 e. The van der Waals surface area contributed by atoms with Gasteiger partial charge in [-0.15, -0.1) is 24.0 Å². The first-order valence-corrected chi connectivity index (χ1v) is 6.45. The fraction of sp³-hybridized carbons (Fsp3) is 0.429. The van der Waals surface area contributed by atoms with Crippen LogP contribution in [0.2, 0.25) is 0 Å². The van der Waals surface area contributed by atoms with E-state index in [1.165, 1.54) is 12.8 Å². The summed E-state index contributed by atoms with van der Waals surface area (Å²) in [6.07, 6.45) is 2.39. The van der Waals surface area contributed by atoms with E-state index in [9.17, 15) is 4.79 Å². The van der Waals surface area contributed by atoms with E-state index >= 15 is 0 Å². The van der Waals surface area contributed by atoms with Gasteiger partial charge in [0, 0.05) is 25.7 Å². The van der Waals surface area contributed by atoms with Crippen molar-refractivity contribution in [2.75, 3.05) is 14.1 Å². The van der Waals surface area contributed by atoms with Gasteiger partial charge in [0.1, 0.15) is 0 Å². The van der Waals surface area contributed by atoms with E-state index in [2.05, 4.69) is 10.3 Å². The zero-order valence-corrected chi connectivity index (χ0v) is 14.1. The molecule has 0 spiro atoms. The van der Waals surface area contributed by atoms with Gasteiger partial charge in [0.05, 0.1) is 6.54 Å². The molecule has 1 aromatic carbocycles. The molecular formula is C14H21IN4O. The van der Waals surface area contributed by atoms with Crippen LogP contribution < -0.4 is 11.1 Å². The van der Waals surface area contributed by atoms with Gasteiger partial charge in [-0.25, -0.2) is 4.99 Å². The average Bonchev–Trinajstić information content (AvgIpc) is 3.28. The molecule has 3 N–H and O–H groups in total. The molecule has 1 fully saturated rings. The summed E-state index contributed by atoms with van der Waals surface area (Å²) in [4.78, 5) is 17.9. The van der Waals surface area contributed by atoms with Gasteiger partial charge in [-0.2, -0.15) is 0 Å². The van der Waals surface area contributed by atoms with Gasteiger partial charge in [-0.3, -0.25) is 4.79 Å². The van der Waals surface area contributed by atoms with E-state index in [0.717, 1.165) is 5.56 Å². The molecule has 5 nitrogen and oxygen atoms in total. The van der Waals surface area contributed by atoms with Crippen LogP contribution in [-0.4, -0.2) is 36.9 Å². The summed E-state index contributed by atoms with van der Waals surface area (Å²) in [5, 5.41) is 2.61. The van der Waals surface area contributed by atoms with E-state index in [1.807, 2.05) is 30.1 Å². The first-order chi connectivity index (χ1) is 9.11. The third-order valence-electron chi connectivity index (χ3n) is 3.30. The van der Waals surface area contributed by atoms with Gasteiger partial charge in [-0.1, -0.05) is 12.1 Å². The molecule has 1 aliphatic carbocycles. The van der Waals surface area contributed by atoms with Gasteiger partial charge in [-0.05, 0) is 30.5 Å². The molecule has 1 saturated carbocycles. The number of nitrogens with one attached hydrogen (secondary N) is 1. The number of amides is 1. The van der Waals surface area contributed by atoms with Gasteiger partial charge in [0.25, 0.3) is 5.91 Å². The first-order valence-electron chi connectivity index (χ1n) is 6.45. The number of hydrogen-bond acceptors (Lipinski definition) is 2. The lowest BCUT2D eigenvalue weighted by molar-refractivity contribution is 0.0963. The Bertz CT molecular complexity index is 500. The maximum atomic E-state index is 11.5. The number of guanidine groups is 1. The van der Waals surface area contributed by atoms with Crippen LogP contribution >= 0.6 is 24.0 Å². The van der Waals surface area contributed by atoms with Crippen LogP contribution in [0.15, 0.2) is 29.3 Å². The van der Waals surface area contributed by atoms with Crippen LogP contribution in [0.25, 0.3) is 0 Å². The van der Waals surface area contributed by atoms with Crippen molar-refractivity contribution in [3.8, 4) is 0 Å². The monoisotopic (exact) mass is 388 g/mol. The minimum Gasteiger partial charge on any atom is -0.370 e. The number of aliphatic imine (C=N–C) groups is 1. The van der Waals surface area contributed by atoms with Crippen molar-refractivity contribution < 1.29 is 4.79 Å². The Morgan fingerprint density at radius 1 is 1.50 bits per heavy atom. The summed E-state index contributed by atoms with van der Waals surface area (Å²) < 4.78 is 0. The highest BCUT2D eigenvalue weighted by Crippen LogP contribution is 2.24. The SMILES string of the molecule is CNC(=O)c1cccc(CN=C(N)N(C)C2CC2)c1.I. The summed E-state index contributed by atoms with van der Waals surface area (Å²) in [7, 11) is 3.59. The summed E-state index contributed by atoms with van der Waals surface area (Å²) in [5.74, 6) is 0.474. The van der Waals surface area contributed by atoms with Crippen LogP contribution in [0.3, 0.4) is 0 Å². The van der Waals surface area contributed by atoms with Gasteiger partial charge in [0.2, 0.25) is 0 Å². The fourth-order valence-electron chi connectivity index (χ4n) is 1.89. The van der Waals surface area contributed by atoms with Crippen molar-refractivity contribution in [2.45, 2.75) is 25.4 Å². The summed E-state index contributed by atoms with van der Waals surface area (Å²) in [6, 6.07) is 7.98. The molecule has 6 heteroatoms. The van der Waals surface area contributed by atoms with Gasteiger partial charge < -0.3 is 16.0 Å². The number of nitrogens with zero attached hydrogens (tertiary/aromatic N) is 2. The predicted molar refractivity (Wildman–Crippen MR) is 91.4 cm³/mol. The van der Waals surface area contributed by atoms with Crippen LogP contribution in [0.1, 0.15) is 28.8 Å². The van der Waals surface area contributed by atoms with Crippen LogP contribution in [-0.2, 0) is 6.54 Å². The highest BCUT2D eigenvalue weighted by molar-refractivity contribution is 14.0. The topological polar surface area (TPSA) is 70.7 Å². The quantitative estimate of drug-likeness (QED) is 0.468. The van der Waals surface area contributed by atoms with Crippen molar-refractivity contribution in [1.29, 1.82) is 0 Å². The van der Waals surface area contributed by atoms with Crippen molar-refractivity contribution in [3.05, 3.63) is 35.4 Å². The Kier molecular flexibility index (Phi) is 6.25. The Balaban J connectivity index is 0.00000200. The molecule has 0 radical (unpaired) electrons. The summed E-state index contributed by atoms with van der Waals surface area (Å²) in [6.45, 7) is 0.494. The number of nitrogens with two attached hydrogens (primary N) is 1. The molecular weight excluding hydrogens is 367 g/mol. The van der Waals surface area contributed by atoms with Crippen molar-refractivity contribution in [2.24, 2.45) is 10.7 Å². The van der Waals surface area contributed by atoms with Gasteiger partial charge in [0.15, 0.2) is 5.96 Å². The second kappa shape index (κ2) is 7.47. The molecule has 0 aliphatic heterocycles. The smallest absolute Gasteiger partial charge is 0.251 e. The largest absolute Gasteiger partial charge is 0.370 e. The van der Waals surface area contributed by atoms with Gasteiger partial charge >= 0.3 is 0 Å². The van der Waals surface area contributed by atoms with E-state index in [-0.39, 0.29) is 29.9 Å². The summed E-state index contributed by atoms with van der Waals surface area (Å²) in [5.41, 5.74) is 7.55. The lowest BCUT2D eigenvalue weighted by atomic mass is 10.1. The molecule has 0 atom stereocenters. The Hall–Kier alpha value is -1.31. The zero-order valence-electron chi connectivity index (χ0n) is 11.8. The van der Waals surface area contributed by atoms with E-state index in [4.69, 9.17) is 5.73 Å². The predicted octanol–water partition coefficient (Wildman–Crippen LogP) is 1.57. The van der Waals surface area contributed by atoms with E-state index in [0.29, 0.717) is 24.1 Å². The number of rotatable bonds is 4. The van der Waals surface area contributed by atoms with Crippen molar-refractivity contribution >= 4 is 35.8 Å². The molecule has 0 heterocycles. The highest BCUT2D eigenvalue weighted by Gasteiger charge is 2.27. The number of benzene rings is 1. The zero-order chi connectivity index (χ0) is 13.8. The molecule has 20 heavy (non-hydrogen) atoms. The number of carbonyl (C=O) groups excluding carboxylic acids is 1. The highest BCUT2D eigenvalue weighted by atomic mass is 127.